The SMILES string of the molecule is CCSCCSCCSCC(=O)O. The first-order chi connectivity index (χ1) is 6.27. The molecule has 0 amide bonds. The van der Waals surface area contributed by atoms with Gasteiger partial charge in [0.2, 0.25) is 0 Å². The molecular weight excluding hydrogens is 224 g/mol. The van der Waals surface area contributed by atoms with E-state index in [0.29, 0.717) is 0 Å². The maximum absolute atomic E-state index is 10.1. The van der Waals surface area contributed by atoms with Crippen LogP contribution in [0.25, 0.3) is 0 Å². The third kappa shape index (κ3) is 12.5. The van der Waals surface area contributed by atoms with Gasteiger partial charge in [0.05, 0.1) is 5.75 Å². The number of hydrogen-bond acceptors (Lipinski definition) is 4. The lowest BCUT2D eigenvalue weighted by Crippen LogP contribution is -1.99. The van der Waals surface area contributed by atoms with E-state index in [2.05, 4.69) is 6.92 Å². The van der Waals surface area contributed by atoms with E-state index in [-0.39, 0.29) is 5.75 Å². The maximum atomic E-state index is 10.1. The summed E-state index contributed by atoms with van der Waals surface area (Å²) in [6, 6.07) is 0. The second-order valence-electron chi connectivity index (χ2n) is 2.26. The zero-order chi connectivity index (χ0) is 9.94. The lowest BCUT2D eigenvalue weighted by atomic mass is 10.8. The average molecular weight is 240 g/mol. The van der Waals surface area contributed by atoms with E-state index in [9.17, 15) is 4.79 Å². The second kappa shape index (κ2) is 10.6. The predicted molar refractivity (Wildman–Crippen MR) is 65.3 cm³/mol. The molecule has 0 aliphatic rings. The molecule has 0 unspecified atom stereocenters. The third-order valence-electron chi connectivity index (χ3n) is 1.17. The summed E-state index contributed by atoms with van der Waals surface area (Å²) in [5.41, 5.74) is 0. The molecule has 1 N–H and O–H groups in total. The predicted octanol–water partition coefficient (Wildman–Crippen LogP) is 2.29. The van der Waals surface area contributed by atoms with E-state index in [1.807, 2.05) is 23.5 Å². The smallest absolute Gasteiger partial charge is 0.313 e. The molecule has 2 nitrogen and oxygen atoms in total. The van der Waals surface area contributed by atoms with Crippen LogP contribution in [-0.2, 0) is 4.79 Å². The number of rotatable bonds is 9. The molecule has 0 saturated heterocycles. The van der Waals surface area contributed by atoms with Crippen molar-refractivity contribution >= 4 is 41.3 Å². The number of aliphatic carboxylic acids is 1. The Morgan fingerprint density at radius 3 is 2.15 bits per heavy atom. The molecule has 13 heavy (non-hydrogen) atoms. The molecule has 0 spiro atoms. The summed E-state index contributed by atoms with van der Waals surface area (Å²) in [5.74, 6) is 5.14. The Balaban J connectivity index is 2.87. The van der Waals surface area contributed by atoms with Crippen molar-refractivity contribution in [3.63, 3.8) is 0 Å². The Morgan fingerprint density at radius 1 is 1.08 bits per heavy atom. The summed E-state index contributed by atoms with van der Waals surface area (Å²) >= 11 is 5.36. The van der Waals surface area contributed by atoms with E-state index >= 15 is 0 Å². The van der Waals surface area contributed by atoms with Crippen molar-refractivity contribution in [3.8, 4) is 0 Å². The highest BCUT2D eigenvalue weighted by molar-refractivity contribution is 8.04. The van der Waals surface area contributed by atoms with Crippen LogP contribution in [0, 0.1) is 0 Å². The van der Waals surface area contributed by atoms with Gasteiger partial charge < -0.3 is 5.11 Å². The van der Waals surface area contributed by atoms with Gasteiger partial charge in [0.1, 0.15) is 0 Å². The molecule has 0 atom stereocenters. The molecule has 0 aromatic heterocycles. The van der Waals surface area contributed by atoms with Crippen LogP contribution in [0.4, 0.5) is 0 Å². The highest BCUT2D eigenvalue weighted by atomic mass is 32.2. The van der Waals surface area contributed by atoms with Crippen molar-refractivity contribution in [2.75, 3.05) is 34.5 Å². The molecule has 0 aromatic rings. The zero-order valence-electron chi connectivity index (χ0n) is 7.82. The first-order valence-electron chi connectivity index (χ1n) is 4.22. The van der Waals surface area contributed by atoms with Crippen LogP contribution in [0.1, 0.15) is 6.92 Å². The van der Waals surface area contributed by atoms with Crippen molar-refractivity contribution in [2.45, 2.75) is 6.92 Å². The maximum Gasteiger partial charge on any atom is 0.313 e. The summed E-state index contributed by atoms with van der Waals surface area (Å²) in [7, 11) is 0. The summed E-state index contributed by atoms with van der Waals surface area (Å²) < 4.78 is 0. The van der Waals surface area contributed by atoms with Gasteiger partial charge >= 0.3 is 5.97 Å². The van der Waals surface area contributed by atoms with Gasteiger partial charge in [0.15, 0.2) is 0 Å². The Hall–Kier alpha value is 0.520. The first-order valence-corrected chi connectivity index (χ1v) is 7.68. The molecule has 5 heteroatoms. The standard InChI is InChI=1S/C8H16O2S3/c1-2-11-3-4-12-5-6-13-7-8(9)10/h2-7H2,1H3,(H,9,10). The zero-order valence-corrected chi connectivity index (χ0v) is 10.3. The Kier molecular flexibility index (Phi) is 11.0. The highest BCUT2D eigenvalue weighted by Gasteiger charge is 1.96. The molecule has 0 aromatic carbocycles. The van der Waals surface area contributed by atoms with Gasteiger partial charge in [-0.2, -0.15) is 23.5 Å². The molecule has 78 valence electrons. The molecule has 0 aliphatic carbocycles. The van der Waals surface area contributed by atoms with Gasteiger partial charge in [-0.15, -0.1) is 11.8 Å². The summed E-state index contributed by atoms with van der Waals surface area (Å²) in [4.78, 5) is 10.1. The fourth-order valence-electron chi connectivity index (χ4n) is 0.642. The van der Waals surface area contributed by atoms with Gasteiger partial charge in [-0.1, -0.05) is 6.92 Å². The van der Waals surface area contributed by atoms with Crippen molar-refractivity contribution < 1.29 is 9.90 Å². The normalized spacial score (nSPS) is 10.2. The number of carboxylic acid groups (broad SMARTS) is 1. The van der Waals surface area contributed by atoms with Crippen LogP contribution in [0.2, 0.25) is 0 Å². The minimum Gasteiger partial charge on any atom is -0.481 e. The van der Waals surface area contributed by atoms with Gasteiger partial charge in [-0.25, -0.2) is 0 Å². The monoisotopic (exact) mass is 240 g/mol. The quantitative estimate of drug-likeness (QED) is 0.626. The van der Waals surface area contributed by atoms with Crippen molar-refractivity contribution in [1.82, 2.24) is 0 Å². The lowest BCUT2D eigenvalue weighted by Gasteiger charge is -1.99. The van der Waals surface area contributed by atoms with Gasteiger partial charge in [0.25, 0.3) is 0 Å². The molecule has 0 bridgehead atoms. The number of carboxylic acids is 1. The van der Waals surface area contributed by atoms with E-state index in [1.165, 1.54) is 29.0 Å². The number of thioether (sulfide) groups is 3. The minimum absolute atomic E-state index is 0.240. The Morgan fingerprint density at radius 2 is 1.62 bits per heavy atom. The summed E-state index contributed by atoms with van der Waals surface area (Å²) in [6.07, 6.45) is 0. The third-order valence-corrected chi connectivity index (χ3v) is 4.52. The number of carbonyl (C=O) groups is 1. The van der Waals surface area contributed by atoms with E-state index in [1.54, 1.807) is 0 Å². The topological polar surface area (TPSA) is 37.3 Å². The van der Waals surface area contributed by atoms with Crippen molar-refractivity contribution in [1.29, 1.82) is 0 Å². The fourth-order valence-corrected chi connectivity index (χ4v) is 3.34. The van der Waals surface area contributed by atoms with Crippen LogP contribution in [-0.4, -0.2) is 45.6 Å². The molecular formula is C8H16O2S3. The average Bonchev–Trinajstić information content (AvgIpc) is 2.09. The molecule has 0 aliphatic heterocycles. The highest BCUT2D eigenvalue weighted by Crippen LogP contribution is 2.09. The van der Waals surface area contributed by atoms with E-state index in [0.717, 1.165) is 11.5 Å². The first kappa shape index (κ1) is 13.5. The van der Waals surface area contributed by atoms with E-state index in [4.69, 9.17) is 5.11 Å². The Labute approximate surface area is 92.6 Å². The largest absolute Gasteiger partial charge is 0.481 e. The van der Waals surface area contributed by atoms with Crippen LogP contribution in [0.5, 0.6) is 0 Å². The van der Waals surface area contributed by atoms with E-state index < -0.39 is 5.97 Å². The van der Waals surface area contributed by atoms with Gasteiger partial charge in [-0.05, 0) is 5.75 Å². The van der Waals surface area contributed by atoms with Gasteiger partial charge in [0, 0.05) is 23.0 Å². The van der Waals surface area contributed by atoms with Crippen LogP contribution in [0.15, 0.2) is 0 Å². The van der Waals surface area contributed by atoms with Crippen molar-refractivity contribution in [3.05, 3.63) is 0 Å². The minimum atomic E-state index is -0.712. The molecule has 0 heterocycles. The Bertz CT molecular complexity index is 131. The van der Waals surface area contributed by atoms with Crippen molar-refractivity contribution in [2.24, 2.45) is 0 Å². The summed E-state index contributed by atoms with van der Waals surface area (Å²) in [6.45, 7) is 2.16. The lowest BCUT2D eigenvalue weighted by molar-refractivity contribution is -0.133. The second-order valence-corrected chi connectivity index (χ2v) is 5.98. The summed E-state index contributed by atoms with van der Waals surface area (Å²) in [5, 5.41) is 8.36. The fraction of sp³-hybridized carbons (Fsp3) is 0.875. The van der Waals surface area contributed by atoms with Crippen LogP contribution in [0.3, 0.4) is 0 Å². The van der Waals surface area contributed by atoms with Crippen LogP contribution >= 0.6 is 35.3 Å². The molecule has 0 rings (SSSR count). The molecule has 0 fully saturated rings. The molecule has 0 saturated carbocycles. The van der Waals surface area contributed by atoms with Crippen LogP contribution < -0.4 is 0 Å². The number of hydrogen-bond donors (Lipinski definition) is 1. The van der Waals surface area contributed by atoms with Gasteiger partial charge in [-0.3, -0.25) is 4.79 Å². The molecule has 0 radical (unpaired) electrons.